The summed E-state index contributed by atoms with van der Waals surface area (Å²) >= 11 is 0. The number of benzene rings is 1. The molecule has 182 valence electrons. The lowest BCUT2D eigenvalue weighted by molar-refractivity contribution is -0.138. The number of amides is 1. The van der Waals surface area contributed by atoms with Gasteiger partial charge in [0.25, 0.3) is 5.92 Å². The molecule has 1 aromatic rings. The van der Waals surface area contributed by atoms with E-state index in [-0.39, 0.29) is 32.0 Å². The minimum absolute atomic E-state index is 0.0155. The standard InChI is InChI=1S/C22H24F6N2O3/c1-19(2,3)33-18(32)30-8-6-20(7-9-30)17(21(20,24)25)15(29)11-16(31)13-5-4-12(23)10-14(13)22(26,27)28/h4-5,10-11,17H,6-9,29H2,1-3H3. The van der Waals surface area contributed by atoms with E-state index in [1.165, 1.54) is 4.90 Å². The van der Waals surface area contributed by atoms with Gasteiger partial charge in [0.2, 0.25) is 0 Å². The van der Waals surface area contributed by atoms with E-state index in [4.69, 9.17) is 10.5 Å². The number of hydrogen-bond acceptors (Lipinski definition) is 4. The first-order valence-corrected chi connectivity index (χ1v) is 10.2. The Morgan fingerprint density at radius 1 is 1.15 bits per heavy atom. The van der Waals surface area contributed by atoms with Crippen LogP contribution in [-0.2, 0) is 10.9 Å². The van der Waals surface area contributed by atoms with E-state index in [0.29, 0.717) is 18.2 Å². The average Bonchev–Trinajstić information content (AvgIpc) is 3.13. The van der Waals surface area contributed by atoms with Gasteiger partial charge in [-0.15, -0.1) is 0 Å². The number of piperidine rings is 1. The number of nitrogens with two attached hydrogens (primary N) is 1. The quantitative estimate of drug-likeness (QED) is 0.371. The van der Waals surface area contributed by atoms with E-state index in [1.54, 1.807) is 20.8 Å². The highest BCUT2D eigenvalue weighted by atomic mass is 19.4. The zero-order chi connectivity index (χ0) is 25.0. The van der Waals surface area contributed by atoms with Crippen LogP contribution in [0.2, 0.25) is 0 Å². The Morgan fingerprint density at radius 3 is 2.24 bits per heavy atom. The van der Waals surface area contributed by atoms with Crippen molar-refractivity contribution in [3.63, 3.8) is 0 Å². The number of carbonyl (C=O) groups is 2. The predicted molar refractivity (Wildman–Crippen MR) is 106 cm³/mol. The topological polar surface area (TPSA) is 72.6 Å². The number of hydrogen-bond donors (Lipinski definition) is 1. The summed E-state index contributed by atoms with van der Waals surface area (Å²) in [6, 6.07) is 1.48. The lowest BCUT2D eigenvalue weighted by atomic mass is 9.89. The first kappa shape index (κ1) is 24.9. The van der Waals surface area contributed by atoms with Crippen LogP contribution in [-0.4, -0.2) is 41.4 Å². The molecule has 1 aromatic carbocycles. The molecular formula is C22H24F6N2O3. The fourth-order valence-electron chi connectivity index (χ4n) is 4.35. The summed E-state index contributed by atoms with van der Waals surface area (Å²) in [6.07, 6.45) is -5.33. The Kier molecular flexibility index (Phi) is 6.00. The second kappa shape index (κ2) is 7.95. The van der Waals surface area contributed by atoms with Crippen molar-refractivity contribution in [3.05, 3.63) is 46.9 Å². The van der Waals surface area contributed by atoms with Crippen molar-refractivity contribution in [1.82, 2.24) is 4.90 Å². The van der Waals surface area contributed by atoms with Gasteiger partial charge in [-0.3, -0.25) is 4.79 Å². The SMILES string of the molecule is CC(C)(C)OC(=O)N1CCC2(CC1)C(C(N)=CC(=O)c1ccc(F)cc1C(F)(F)F)C2(F)F. The van der Waals surface area contributed by atoms with Crippen LogP contribution in [0.15, 0.2) is 30.0 Å². The van der Waals surface area contributed by atoms with Crippen molar-refractivity contribution >= 4 is 11.9 Å². The number of alkyl halides is 5. The molecule has 0 radical (unpaired) electrons. The van der Waals surface area contributed by atoms with Crippen LogP contribution >= 0.6 is 0 Å². The highest BCUT2D eigenvalue weighted by Crippen LogP contribution is 2.72. The number of ketones is 1. The van der Waals surface area contributed by atoms with E-state index in [9.17, 15) is 35.9 Å². The molecule has 0 bridgehead atoms. The highest BCUT2D eigenvalue weighted by molar-refractivity contribution is 6.06. The number of likely N-dealkylation sites (tertiary alicyclic amines) is 1. The maximum Gasteiger partial charge on any atom is 0.417 e. The molecular weight excluding hydrogens is 454 g/mol. The van der Waals surface area contributed by atoms with Crippen molar-refractivity contribution in [2.24, 2.45) is 17.1 Å². The predicted octanol–water partition coefficient (Wildman–Crippen LogP) is 5.15. The van der Waals surface area contributed by atoms with Crippen molar-refractivity contribution in [1.29, 1.82) is 0 Å². The zero-order valence-electron chi connectivity index (χ0n) is 18.2. The molecule has 1 amide bonds. The highest BCUT2D eigenvalue weighted by Gasteiger charge is 2.81. The minimum atomic E-state index is -5.02. The van der Waals surface area contributed by atoms with Crippen molar-refractivity contribution in [2.45, 2.75) is 51.3 Å². The summed E-state index contributed by atoms with van der Waals surface area (Å²) in [5.41, 5.74) is 0.474. The van der Waals surface area contributed by atoms with Crippen LogP contribution < -0.4 is 5.73 Å². The van der Waals surface area contributed by atoms with E-state index in [1.807, 2.05) is 0 Å². The molecule has 1 aliphatic carbocycles. The van der Waals surface area contributed by atoms with Gasteiger partial charge < -0.3 is 15.4 Å². The molecule has 1 aliphatic heterocycles. The molecule has 1 heterocycles. The monoisotopic (exact) mass is 478 g/mol. The van der Waals surface area contributed by atoms with Gasteiger partial charge in [-0.05, 0) is 51.8 Å². The Labute approximate surface area is 186 Å². The molecule has 1 saturated carbocycles. The molecule has 0 aromatic heterocycles. The summed E-state index contributed by atoms with van der Waals surface area (Å²) in [5.74, 6) is -7.28. The molecule has 1 unspecified atom stereocenters. The summed E-state index contributed by atoms with van der Waals surface area (Å²) in [4.78, 5) is 25.9. The number of halogens is 6. The lowest BCUT2D eigenvalue weighted by Crippen LogP contribution is -2.43. The van der Waals surface area contributed by atoms with E-state index < -0.39 is 63.6 Å². The number of rotatable bonds is 3. The zero-order valence-corrected chi connectivity index (χ0v) is 18.2. The first-order chi connectivity index (χ1) is 15.0. The van der Waals surface area contributed by atoms with Crippen LogP contribution in [0.3, 0.4) is 0 Å². The van der Waals surface area contributed by atoms with Gasteiger partial charge in [0.1, 0.15) is 11.4 Å². The van der Waals surface area contributed by atoms with Gasteiger partial charge in [0.05, 0.1) is 16.9 Å². The lowest BCUT2D eigenvalue weighted by Gasteiger charge is -2.34. The summed E-state index contributed by atoms with van der Waals surface area (Å²) < 4.78 is 87.6. The molecule has 5 nitrogen and oxygen atoms in total. The molecule has 2 fully saturated rings. The Balaban J connectivity index is 1.77. The normalized spacial score (nSPS) is 22.3. The van der Waals surface area contributed by atoms with Gasteiger partial charge in [0.15, 0.2) is 5.78 Å². The third-order valence-corrected chi connectivity index (χ3v) is 5.99. The summed E-state index contributed by atoms with van der Waals surface area (Å²) in [6.45, 7) is 5.00. The first-order valence-electron chi connectivity index (χ1n) is 10.2. The maximum absolute atomic E-state index is 14.8. The number of ether oxygens (including phenoxy) is 1. The molecule has 1 atom stereocenters. The maximum atomic E-state index is 14.8. The van der Waals surface area contributed by atoms with E-state index in [2.05, 4.69) is 0 Å². The second-order valence-corrected chi connectivity index (χ2v) is 9.38. The molecule has 1 spiro atoms. The van der Waals surface area contributed by atoms with Crippen molar-refractivity contribution in [3.8, 4) is 0 Å². The van der Waals surface area contributed by atoms with Crippen molar-refractivity contribution < 1.29 is 40.7 Å². The minimum Gasteiger partial charge on any atom is -0.444 e. The van der Waals surface area contributed by atoms with Gasteiger partial charge in [-0.25, -0.2) is 18.0 Å². The molecule has 33 heavy (non-hydrogen) atoms. The fourth-order valence-corrected chi connectivity index (χ4v) is 4.35. The number of carbonyl (C=O) groups excluding carboxylic acids is 2. The van der Waals surface area contributed by atoms with Crippen LogP contribution in [0.4, 0.5) is 31.1 Å². The number of nitrogens with zero attached hydrogens (tertiary/aromatic N) is 1. The van der Waals surface area contributed by atoms with Crippen molar-refractivity contribution in [2.75, 3.05) is 13.1 Å². The van der Waals surface area contributed by atoms with Crippen LogP contribution in [0.25, 0.3) is 0 Å². The molecule has 11 heteroatoms. The van der Waals surface area contributed by atoms with Crippen LogP contribution in [0, 0.1) is 17.2 Å². The Bertz CT molecular complexity index is 989. The van der Waals surface area contributed by atoms with E-state index >= 15 is 0 Å². The molecule has 2 aliphatic rings. The van der Waals surface area contributed by atoms with E-state index in [0.717, 1.165) is 0 Å². The Morgan fingerprint density at radius 2 is 1.73 bits per heavy atom. The largest absolute Gasteiger partial charge is 0.444 e. The van der Waals surface area contributed by atoms with Gasteiger partial charge in [0, 0.05) is 30.4 Å². The Hall–Kier alpha value is -2.72. The molecule has 3 rings (SSSR count). The summed E-state index contributed by atoms with van der Waals surface area (Å²) in [5, 5.41) is 0. The van der Waals surface area contributed by atoms with Gasteiger partial charge >= 0.3 is 12.3 Å². The van der Waals surface area contributed by atoms with Gasteiger partial charge in [-0.2, -0.15) is 13.2 Å². The van der Waals surface area contributed by atoms with Crippen LogP contribution in [0.1, 0.15) is 49.5 Å². The smallest absolute Gasteiger partial charge is 0.417 e. The molecule has 2 N–H and O–H groups in total. The molecule has 1 saturated heterocycles. The number of allylic oxidation sites excluding steroid dienone is 2. The third kappa shape index (κ3) is 4.67. The van der Waals surface area contributed by atoms with Gasteiger partial charge in [-0.1, -0.05) is 0 Å². The third-order valence-electron chi connectivity index (χ3n) is 5.99. The summed E-state index contributed by atoms with van der Waals surface area (Å²) in [7, 11) is 0. The second-order valence-electron chi connectivity index (χ2n) is 9.38. The average molecular weight is 478 g/mol. The van der Waals surface area contributed by atoms with Crippen LogP contribution in [0.5, 0.6) is 0 Å². The fraction of sp³-hybridized carbons (Fsp3) is 0.545.